The molecule has 0 saturated heterocycles. The van der Waals surface area contributed by atoms with Crippen LogP contribution in [0.5, 0.6) is 0 Å². The van der Waals surface area contributed by atoms with Crippen molar-refractivity contribution >= 4 is 27.7 Å². The Morgan fingerprint density at radius 1 is 1.29 bits per heavy atom. The van der Waals surface area contributed by atoms with E-state index in [4.69, 9.17) is 0 Å². The summed E-state index contributed by atoms with van der Waals surface area (Å²) in [5, 5.41) is 4.14. The lowest BCUT2D eigenvalue weighted by Gasteiger charge is -2.12. The van der Waals surface area contributed by atoms with Crippen LogP contribution in [-0.2, 0) is 6.54 Å². The average Bonchev–Trinajstić information content (AvgIpc) is 2.44. The Balaban J connectivity index is 2.15. The first kappa shape index (κ1) is 16.5. The first-order chi connectivity index (χ1) is 10.1. The number of benzene rings is 1. The van der Waals surface area contributed by atoms with Gasteiger partial charge in [0.25, 0.3) is 0 Å². The molecular weight excluding hydrogens is 351 g/mol. The van der Waals surface area contributed by atoms with Gasteiger partial charge in [0.05, 0.1) is 4.90 Å². The van der Waals surface area contributed by atoms with Crippen molar-refractivity contribution in [1.29, 1.82) is 0 Å². The molecule has 112 valence electrons. The van der Waals surface area contributed by atoms with Gasteiger partial charge in [-0.15, -0.1) is 0 Å². The zero-order valence-corrected chi connectivity index (χ0v) is 14.5. The summed E-state index contributed by atoms with van der Waals surface area (Å²) in [6.07, 6.45) is 1.72. The van der Waals surface area contributed by atoms with Crippen LogP contribution in [0.15, 0.2) is 50.9 Å². The van der Waals surface area contributed by atoms with Crippen LogP contribution >= 0.6 is 27.7 Å². The van der Waals surface area contributed by atoms with Gasteiger partial charge in [0.2, 0.25) is 0 Å². The van der Waals surface area contributed by atoms with Crippen molar-refractivity contribution in [3.05, 3.63) is 52.4 Å². The molecule has 0 unspecified atom stereocenters. The molecule has 0 bridgehead atoms. The average molecular weight is 369 g/mol. The molecule has 0 aliphatic carbocycles. The molecule has 0 fully saturated rings. The monoisotopic (exact) mass is 368 g/mol. The molecule has 2 nitrogen and oxygen atoms in total. The van der Waals surface area contributed by atoms with Crippen molar-refractivity contribution < 1.29 is 4.39 Å². The highest BCUT2D eigenvalue weighted by atomic mass is 79.9. The van der Waals surface area contributed by atoms with Gasteiger partial charge in [-0.1, -0.05) is 37.7 Å². The van der Waals surface area contributed by atoms with E-state index in [0.717, 1.165) is 21.6 Å². The van der Waals surface area contributed by atoms with Gasteiger partial charge in [-0.05, 0) is 52.2 Å². The van der Waals surface area contributed by atoms with Gasteiger partial charge >= 0.3 is 0 Å². The lowest BCUT2D eigenvalue weighted by molar-refractivity contribution is 0.543. The third-order valence-corrected chi connectivity index (χ3v) is 4.40. The molecular formula is C16H18BrFN2S. The van der Waals surface area contributed by atoms with Crippen molar-refractivity contribution in [1.82, 2.24) is 10.3 Å². The van der Waals surface area contributed by atoms with Gasteiger partial charge in [-0.2, -0.15) is 0 Å². The van der Waals surface area contributed by atoms with Crippen LogP contribution in [0, 0.1) is 11.7 Å². The fraction of sp³-hybridized carbons (Fsp3) is 0.312. The highest BCUT2D eigenvalue weighted by Crippen LogP contribution is 2.32. The smallest absolute Gasteiger partial charge is 0.137 e. The molecule has 0 aliphatic rings. The van der Waals surface area contributed by atoms with E-state index in [1.165, 1.54) is 17.8 Å². The van der Waals surface area contributed by atoms with E-state index in [1.54, 1.807) is 12.3 Å². The lowest BCUT2D eigenvalue weighted by Crippen LogP contribution is -2.19. The molecule has 0 radical (unpaired) electrons. The molecule has 1 heterocycles. The summed E-state index contributed by atoms with van der Waals surface area (Å²) in [6, 6.07) is 8.99. The second kappa shape index (κ2) is 7.92. The molecule has 1 aromatic heterocycles. The van der Waals surface area contributed by atoms with Gasteiger partial charge in [-0.25, -0.2) is 9.37 Å². The van der Waals surface area contributed by atoms with Crippen LogP contribution in [0.1, 0.15) is 19.4 Å². The Hall–Kier alpha value is -0.910. The number of hydrogen-bond acceptors (Lipinski definition) is 3. The minimum absolute atomic E-state index is 0.200. The Morgan fingerprint density at radius 3 is 2.76 bits per heavy atom. The largest absolute Gasteiger partial charge is 0.312 e. The standard InChI is InChI=1S/C16H18BrFN2S/c1-11(2)8-19-9-12-4-3-5-14(18)16(12)21-15-7-6-13(17)10-20-15/h3-7,10-11,19H,8-9H2,1-2H3. The van der Waals surface area contributed by atoms with Gasteiger partial charge in [0.1, 0.15) is 10.8 Å². The first-order valence-corrected chi connectivity index (χ1v) is 8.44. The number of nitrogens with one attached hydrogen (secondary N) is 1. The molecule has 0 amide bonds. The Kier molecular flexibility index (Phi) is 6.21. The normalized spacial score (nSPS) is 11.1. The van der Waals surface area contributed by atoms with Crippen LogP contribution in [0.2, 0.25) is 0 Å². The molecule has 21 heavy (non-hydrogen) atoms. The van der Waals surface area contributed by atoms with Crippen LogP contribution in [0.4, 0.5) is 4.39 Å². The molecule has 0 atom stereocenters. The van der Waals surface area contributed by atoms with E-state index in [1.807, 2.05) is 18.2 Å². The van der Waals surface area contributed by atoms with E-state index in [-0.39, 0.29) is 5.82 Å². The second-order valence-corrected chi connectivity index (χ2v) is 7.12. The zero-order chi connectivity index (χ0) is 15.2. The minimum Gasteiger partial charge on any atom is -0.312 e. The molecule has 2 rings (SSSR count). The Bertz CT molecular complexity index is 587. The summed E-state index contributed by atoms with van der Waals surface area (Å²) in [4.78, 5) is 4.94. The summed E-state index contributed by atoms with van der Waals surface area (Å²) >= 11 is 4.71. The number of rotatable bonds is 6. The maximum atomic E-state index is 14.1. The topological polar surface area (TPSA) is 24.9 Å². The van der Waals surface area contributed by atoms with Crippen molar-refractivity contribution in [3.8, 4) is 0 Å². The molecule has 0 aliphatic heterocycles. The predicted molar refractivity (Wildman–Crippen MR) is 89.0 cm³/mol. The van der Waals surface area contributed by atoms with Crippen LogP contribution in [-0.4, -0.2) is 11.5 Å². The number of halogens is 2. The van der Waals surface area contributed by atoms with E-state index < -0.39 is 0 Å². The lowest BCUT2D eigenvalue weighted by atomic mass is 10.2. The second-order valence-electron chi connectivity index (χ2n) is 5.17. The zero-order valence-electron chi connectivity index (χ0n) is 12.1. The van der Waals surface area contributed by atoms with Gasteiger partial charge in [0, 0.05) is 17.2 Å². The van der Waals surface area contributed by atoms with Gasteiger partial charge < -0.3 is 5.32 Å². The van der Waals surface area contributed by atoms with Crippen molar-refractivity contribution in [2.24, 2.45) is 5.92 Å². The molecule has 0 saturated carbocycles. The highest BCUT2D eigenvalue weighted by molar-refractivity contribution is 9.10. The van der Waals surface area contributed by atoms with Crippen LogP contribution in [0.25, 0.3) is 0 Å². The summed E-state index contributed by atoms with van der Waals surface area (Å²) < 4.78 is 15.0. The maximum absolute atomic E-state index is 14.1. The summed E-state index contributed by atoms with van der Waals surface area (Å²) in [5.41, 5.74) is 0.963. The first-order valence-electron chi connectivity index (χ1n) is 6.84. The molecule has 5 heteroatoms. The minimum atomic E-state index is -0.200. The molecule has 1 aromatic carbocycles. The third-order valence-electron chi connectivity index (χ3n) is 2.82. The van der Waals surface area contributed by atoms with Gasteiger partial charge in [0.15, 0.2) is 0 Å². The number of nitrogens with zero attached hydrogens (tertiary/aromatic N) is 1. The maximum Gasteiger partial charge on any atom is 0.137 e. The van der Waals surface area contributed by atoms with E-state index in [9.17, 15) is 4.39 Å². The number of hydrogen-bond donors (Lipinski definition) is 1. The quantitative estimate of drug-likeness (QED) is 0.786. The summed E-state index contributed by atoms with van der Waals surface area (Å²) in [7, 11) is 0. The Morgan fingerprint density at radius 2 is 2.10 bits per heavy atom. The molecule has 1 N–H and O–H groups in total. The summed E-state index contributed by atoms with van der Waals surface area (Å²) in [6.45, 7) is 5.88. The SMILES string of the molecule is CC(C)CNCc1cccc(F)c1Sc1ccc(Br)cn1. The van der Waals surface area contributed by atoms with E-state index in [2.05, 4.69) is 40.1 Å². The van der Waals surface area contributed by atoms with Crippen molar-refractivity contribution in [2.75, 3.05) is 6.54 Å². The number of pyridine rings is 1. The Labute approximate surface area is 137 Å². The number of aromatic nitrogens is 1. The fourth-order valence-corrected chi connectivity index (χ4v) is 2.95. The fourth-order valence-electron chi connectivity index (χ4n) is 1.83. The van der Waals surface area contributed by atoms with Crippen molar-refractivity contribution in [2.45, 2.75) is 30.3 Å². The van der Waals surface area contributed by atoms with E-state index >= 15 is 0 Å². The third kappa shape index (κ3) is 5.09. The highest BCUT2D eigenvalue weighted by Gasteiger charge is 2.11. The van der Waals surface area contributed by atoms with Gasteiger partial charge in [-0.3, -0.25) is 0 Å². The van der Waals surface area contributed by atoms with E-state index in [0.29, 0.717) is 17.4 Å². The van der Waals surface area contributed by atoms with Crippen LogP contribution in [0.3, 0.4) is 0 Å². The van der Waals surface area contributed by atoms with Crippen LogP contribution < -0.4 is 5.32 Å². The molecule has 2 aromatic rings. The predicted octanol–water partition coefficient (Wildman–Crippen LogP) is 4.88. The van der Waals surface area contributed by atoms with Crippen molar-refractivity contribution in [3.63, 3.8) is 0 Å². The molecule has 0 spiro atoms. The summed E-state index contributed by atoms with van der Waals surface area (Å²) in [5.74, 6) is 0.372.